The summed E-state index contributed by atoms with van der Waals surface area (Å²) in [5.41, 5.74) is 1.45. The van der Waals surface area contributed by atoms with E-state index in [0.717, 1.165) is 22.9 Å². The summed E-state index contributed by atoms with van der Waals surface area (Å²) >= 11 is 1.47. The summed E-state index contributed by atoms with van der Waals surface area (Å²) in [5, 5.41) is 8.77. The van der Waals surface area contributed by atoms with Crippen LogP contribution in [-0.4, -0.2) is 36.6 Å². The van der Waals surface area contributed by atoms with Crippen LogP contribution in [0.5, 0.6) is 5.75 Å². The lowest BCUT2D eigenvalue weighted by Gasteiger charge is -2.12. The molecular weight excluding hydrogens is 381 g/mol. The van der Waals surface area contributed by atoms with Crippen molar-refractivity contribution in [3.8, 4) is 16.3 Å². The Bertz CT molecular complexity index is 635. The van der Waals surface area contributed by atoms with Crippen LogP contribution in [-0.2, 0) is 0 Å². The highest BCUT2D eigenvalue weighted by Crippen LogP contribution is 2.25. The number of hydrogen-bond donors (Lipinski definition) is 2. The smallest absolute Gasteiger partial charge is 0.270 e. The highest BCUT2D eigenvalue weighted by atomic mass is 35.5. The molecule has 2 rings (SSSR count). The van der Waals surface area contributed by atoms with Crippen molar-refractivity contribution in [3.05, 3.63) is 35.3 Å². The molecule has 0 bridgehead atoms. The second-order valence-corrected chi connectivity index (χ2v) is 6.02. The number of halogens is 2. The molecule has 1 aromatic heterocycles. The molecule has 0 saturated heterocycles. The van der Waals surface area contributed by atoms with Gasteiger partial charge in [0.25, 0.3) is 5.91 Å². The topological polar surface area (TPSA) is 63.2 Å². The van der Waals surface area contributed by atoms with Gasteiger partial charge in [-0.05, 0) is 44.7 Å². The van der Waals surface area contributed by atoms with Crippen molar-refractivity contribution >= 4 is 42.1 Å². The van der Waals surface area contributed by atoms with Gasteiger partial charge in [0.05, 0.1) is 6.61 Å². The van der Waals surface area contributed by atoms with Crippen LogP contribution >= 0.6 is 36.2 Å². The van der Waals surface area contributed by atoms with Crippen LogP contribution in [0, 0.1) is 0 Å². The number of carbonyl (C=O) groups is 1. The molecule has 8 heteroatoms. The fraction of sp³-hybridized carbons (Fsp3) is 0.412. The molecule has 25 heavy (non-hydrogen) atoms. The van der Waals surface area contributed by atoms with Crippen LogP contribution in [0.1, 0.15) is 31.3 Å². The third-order valence-electron chi connectivity index (χ3n) is 3.27. The zero-order valence-corrected chi connectivity index (χ0v) is 17.0. The lowest BCUT2D eigenvalue weighted by Crippen LogP contribution is -2.38. The standard InChI is InChI=1S/C17H23N3O2S.2ClH/c1-4-18-12(3)10-19-16(21)15-11-23-17(20-15)13-6-8-14(9-7-13)22-5-2;;/h6-9,11-12,18H,4-5,10H2,1-3H3,(H,19,21);2*1H/t12-;;/m1../s1. The summed E-state index contributed by atoms with van der Waals surface area (Å²) in [6.07, 6.45) is 0. The number of hydrogen-bond acceptors (Lipinski definition) is 5. The first-order chi connectivity index (χ1) is 11.1. The van der Waals surface area contributed by atoms with E-state index < -0.39 is 0 Å². The van der Waals surface area contributed by atoms with Crippen LogP contribution in [0.4, 0.5) is 0 Å². The summed E-state index contributed by atoms with van der Waals surface area (Å²) in [4.78, 5) is 16.5. The quantitative estimate of drug-likeness (QED) is 0.701. The summed E-state index contributed by atoms with van der Waals surface area (Å²) in [6.45, 7) is 8.15. The molecule has 0 aliphatic rings. The van der Waals surface area contributed by atoms with Crippen molar-refractivity contribution < 1.29 is 9.53 Å². The Kier molecular flexibility index (Phi) is 11.4. The average molecular weight is 406 g/mol. The summed E-state index contributed by atoms with van der Waals surface area (Å²) < 4.78 is 5.43. The molecule has 0 aliphatic heterocycles. The van der Waals surface area contributed by atoms with Gasteiger partial charge in [0.1, 0.15) is 16.5 Å². The maximum Gasteiger partial charge on any atom is 0.270 e. The first-order valence-electron chi connectivity index (χ1n) is 7.84. The molecule has 0 unspecified atom stereocenters. The van der Waals surface area contributed by atoms with Gasteiger partial charge in [0.2, 0.25) is 0 Å². The molecule has 0 saturated carbocycles. The number of benzene rings is 1. The molecule has 0 spiro atoms. The van der Waals surface area contributed by atoms with Crippen molar-refractivity contribution in [1.82, 2.24) is 15.6 Å². The van der Waals surface area contributed by atoms with Gasteiger partial charge in [0, 0.05) is 23.5 Å². The van der Waals surface area contributed by atoms with Crippen molar-refractivity contribution in [2.45, 2.75) is 26.8 Å². The van der Waals surface area contributed by atoms with E-state index in [1.807, 2.05) is 45.0 Å². The van der Waals surface area contributed by atoms with E-state index >= 15 is 0 Å². The number of ether oxygens (including phenoxy) is 1. The first kappa shape index (κ1) is 23.7. The molecule has 140 valence electrons. The highest BCUT2D eigenvalue weighted by molar-refractivity contribution is 7.13. The Hall–Kier alpha value is -1.34. The second-order valence-electron chi connectivity index (χ2n) is 5.16. The molecular formula is C17H25Cl2N3O2S. The minimum atomic E-state index is -0.136. The molecule has 5 nitrogen and oxygen atoms in total. The number of likely N-dealkylation sites (N-methyl/N-ethyl adjacent to an activating group) is 1. The molecule has 1 heterocycles. The largest absolute Gasteiger partial charge is 0.494 e. The van der Waals surface area contributed by atoms with E-state index in [9.17, 15) is 4.79 Å². The highest BCUT2D eigenvalue weighted by Gasteiger charge is 2.12. The van der Waals surface area contributed by atoms with Gasteiger partial charge in [0.15, 0.2) is 0 Å². The van der Waals surface area contributed by atoms with Crippen molar-refractivity contribution in [3.63, 3.8) is 0 Å². The van der Waals surface area contributed by atoms with Crippen molar-refractivity contribution in [2.75, 3.05) is 19.7 Å². The molecule has 1 amide bonds. The Labute approximate surface area is 165 Å². The number of thiazole rings is 1. The monoisotopic (exact) mass is 405 g/mol. The van der Waals surface area contributed by atoms with Crippen molar-refractivity contribution in [1.29, 1.82) is 0 Å². The molecule has 0 radical (unpaired) electrons. The summed E-state index contributed by atoms with van der Waals surface area (Å²) in [6, 6.07) is 7.99. The molecule has 2 N–H and O–H groups in total. The van der Waals surface area contributed by atoms with Gasteiger partial charge >= 0.3 is 0 Å². The summed E-state index contributed by atoms with van der Waals surface area (Å²) in [5.74, 6) is 0.700. The van der Waals surface area contributed by atoms with Gasteiger partial charge in [-0.25, -0.2) is 4.98 Å². The van der Waals surface area contributed by atoms with Gasteiger partial charge in [-0.15, -0.1) is 36.2 Å². The van der Waals surface area contributed by atoms with Crippen LogP contribution < -0.4 is 15.4 Å². The first-order valence-corrected chi connectivity index (χ1v) is 8.72. The molecule has 2 aromatic rings. The number of amides is 1. The van der Waals surface area contributed by atoms with Gasteiger partial charge in [-0.2, -0.15) is 0 Å². The summed E-state index contributed by atoms with van der Waals surface area (Å²) in [7, 11) is 0. The van der Waals surface area contributed by atoms with Crippen LogP contribution in [0.25, 0.3) is 10.6 Å². The number of nitrogens with one attached hydrogen (secondary N) is 2. The van der Waals surface area contributed by atoms with Gasteiger partial charge < -0.3 is 15.4 Å². The molecule has 1 atom stereocenters. The van der Waals surface area contributed by atoms with E-state index in [1.165, 1.54) is 11.3 Å². The van der Waals surface area contributed by atoms with E-state index in [0.29, 0.717) is 18.8 Å². The minimum Gasteiger partial charge on any atom is -0.494 e. The van der Waals surface area contributed by atoms with Crippen molar-refractivity contribution in [2.24, 2.45) is 0 Å². The zero-order chi connectivity index (χ0) is 16.7. The maximum absolute atomic E-state index is 12.1. The normalized spacial score (nSPS) is 11.0. The Balaban J connectivity index is 0.00000288. The number of rotatable bonds is 8. The maximum atomic E-state index is 12.1. The van der Waals surface area contributed by atoms with Crippen LogP contribution in [0.15, 0.2) is 29.6 Å². The van der Waals surface area contributed by atoms with Gasteiger partial charge in [-0.1, -0.05) is 6.92 Å². The third kappa shape index (κ3) is 7.20. The fourth-order valence-electron chi connectivity index (χ4n) is 2.13. The Morgan fingerprint density at radius 1 is 1.24 bits per heavy atom. The molecule has 0 fully saturated rings. The number of carbonyl (C=O) groups excluding carboxylic acids is 1. The Morgan fingerprint density at radius 2 is 1.92 bits per heavy atom. The van der Waals surface area contributed by atoms with Gasteiger partial charge in [-0.3, -0.25) is 4.79 Å². The molecule has 0 aliphatic carbocycles. The fourth-order valence-corrected chi connectivity index (χ4v) is 2.93. The van der Waals surface area contributed by atoms with E-state index in [2.05, 4.69) is 15.6 Å². The lowest BCUT2D eigenvalue weighted by atomic mass is 10.2. The molecule has 1 aromatic carbocycles. The van der Waals surface area contributed by atoms with E-state index in [4.69, 9.17) is 4.74 Å². The van der Waals surface area contributed by atoms with E-state index in [-0.39, 0.29) is 36.8 Å². The SMILES string of the molecule is CCN[C@H](C)CNC(=O)c1csc(-c2ccc(OCC)cc2)n1.Cl.Cl. The predicted octanol–water partition coefficient (Wildman–Crippen LogP) is 3.78. The zero-order valence-electron chi connectivity index (χ0n) is 14.6. The average Bonchev–Trinajstić information content (AvgIpc) is 3.04. The number of nitrogens with zero attached hydrogens (tertiary/aromatic N) is 1. The lowest BCUT2D eigenvalue weighted by molar-refractivity contribution is 0.0946. The number of aromatic nitrogens is 1. The second kappa shape index (κ2) is 12.1. The minimum absolute atomic E-state index is 0. The Morgan fingerprint density at radius 3 is 2.52 bits per heavy atom. The predicted molar refractivity (Wildman–Crippen MR) is 109 cm³/mol. The third-order valence-corrected chi connectivity index (χ3v) is 4.16. The van der Waals surface area contributed by atoms with Crippen LogP contribution in [0.2, 0.25) is 0 Å². The van der Waals surface area contributed by atoms with Crippen LogP contribution in [0.3, 0.4) is 0 Å². The van der Waals surface area contributed by atoms with E-state index in [1.54, 1.807) is 5.38 Å².